The van der Waals surface area contributed by atoms with Gasteiger partial charge in [-0.1, -0.05) is 32.0 Å². The van der Waals surface area contributed by atoms with Crippen LogP contribution in [0.2, 0.25) is 0 Å². The lowest BCUT2D eigenvalue weighted by molar-refractivity contribution is -0.151. The van der Waals surface area contributed by atoms with E-state index in [0.717, 1.165) is 22.3 Å². The van der Waals surface area contributed by atoms with Crippen LogP contribution in [-0.2, 0) is 9.59 Å². The van der Waals surface area contributed by atoms with E-state index < -0.39 is 17.9 Å². The predicted octanol–water partition coefficient (Wildman–Crippen LogP) is 1.72. The number of nitrogens with zero attached hydrogens (tertiary/aromatic N) is 3. The molecule has 0 spiro atoms. The topological polar surface area (TPSA) is 106 Å². The first kappa shape index (κ1) is 22.0. The van der Waals surface area contributed by atoms with Crippen molar-refractivity contribution in [3.63, 3.8) is 0 Å². The van der Waals surface area contributed by atoms with Crippen LogP contribution in [0, 0.1) is 18.8 Å². The third kappa shape index (κ3) is 4.71. The number of aliphatic hydroxyl groups excluding tert-OH is 1. The molecule has 2 atom stereocenters. The number of para-hydroxylation sites is 1. The fourth-order valence-corrected chi connectivity index (χ4v) is 4.04. The number of pyridine rings is 1. The Labute approximate surface area is 176 Å². The van der Waals surface area contributed by atoms with Crippen LogP contribution >= 0.6 is 0 Å². The Balaban J connectivity index is 1.71. The molecule has 8 heteroatoms. The number of carbonyl (C=O) groups is 2. The molecule has 0 unspecified atom stereocenters. The van der Waals surface area contributed by atoms with E-state index in [1.54, 1.807) is 4.90 Å². The number of hydrogen-bond donors (Lipinski definition) is 3. The van der Waals surface area contributed by atoms with Crippen LogP contribution in [0.3, 0.4) is 0 Å². The van der Waals surface area contributed by atoms with Gasteiger partial charge in [0.05, 0.1) is 22.8 Å². The fraction of sp³-hybridized carbons (Fsp3) is 0.500. The van der Waals surface area contributed by atoms with Gasteiger partial charge in [0.25, 0.3) is 5.91 Å². The number of benzene rings is 1. The van der Waals surface area contributed by atoms with Gasteiger partial charge in [0, 0.05) is 31.6 Å². The monoisotopic (exact) mass is 414 g/mol. The Morgan fingerprint density at radius 1 is 1.17 bits per heavy atom. The molecule has 8 nitrogen and oxygen atoms in total. The minimum absolute atomic E-state index is 0.118. The summed E-state index contributed by atoms with van der Waals surface area (Å²) in [6, 6.07) is 10.1. The molecule has 1 fully saturated rings. The lowest BCUT2D eigenvalue weighted by atomic mass is 9.90. The number of anilines is 1. The third-order valence-electron chi connectivity index (χ3n) is 5.62. The molecule has 162 valence electrons. The molecule has 2 heterocycles. The Morgan fingerprint density at radius 2 is 1.83 bits per heavy atom. The van der Waals surface area contributed by atoms with Crippen molar-refractivity contribution in [2.75, 3.05) is 31.1 Å². The SMILES string of the molecule is Cc1nc2ccccc2cc1N1CCN(C(=O)[C@@H](CC(C)C)[C@H](O)C(=O)NO)CC1. The van der Waals surface area contributed by atoms with Crippen molar-refractivity contribution in [2.24, 2.45) is 11.8 Å². The first-order valence-electron chi connectivity index (χ1n) is 10.3. The zero-order chi connectivity index (χ0) is 21.8. The number of amides is 2. The van der Waals surface area contributed by atoms with E-state index in [9.17, 15) is 14.7 Å². The second-order valence-corrected chi connectivity index (χ2v) is 8.25. The Kier molecular flexibility index (Phi) is 6.89. The van der Waals surface area contributed by atoms with E-state index in [0.29, 0.717) is 32.6 Å². The van der Waals surface area contributed by atoms with E-state index in [1.807, 2.05) is 45.0 Å². The average molecular weight is 415 g/mol. The highest BCUT2D eigenvalue weighted by molar-refractivity contribution is 5.89. The highest BCUT2D eigenvalue weighted by atomic mass is 16.5. The van der Waals surface area contributed by atoms with Gasteiger partial charge in [0.1, 0.15) is 6.10 Å². The molecule has 30 heavy (non-hydrogen) atoms. The molecule has 2 amide bonds. The first-order chi connectivity index (χ1) is 14.3. The summed E-state index contributed by atoms with van der Waals surface area (Å²) in [5, 5.41) is 20.2. The molecule has 0 aliphatic carbocycles. The van der Waals surface area contributed by atoms with Crippen molar-refractivity contribution < 1.29 is 19.9 Å². The van der Waals surface area contributed by atoms with E-state index in [-0.39, 0.29) is 11.8 Å². The normalized spacial score (nSPS) is 16.6. The standard InChI is InChI=1S/C22H30N4O4/c1-14(2)12-17(20(27)21(28)24-30)22(29)26-10-8-25(9-11-26)19-13-16-6-4-5-7-18(16)23-15(19)3/h4-7,13-14,17,20,27,30H,8-12H2,1-3H3,(H,24,28)/t17-,20-/m0/s1. The third-order valence-corrected chi connectivity index (χ3v) is 5.62. The molecular weight excluding hydrogens is 384 g/mol. The van der Waals surface area contributed by atoms with Gasteiger partial charge in [-0.15, -0.1) is 0 Å². The summed E-state index contributed by atoms with van der Waals surface area (Å²) in [6.45, 7) is 8.11. The maximum Gasteiger partial charge on any atom is 0.272 e. The second-order valence-electron chi connectivity index (χ2n) is 8.25. The predicted molar refractivity (Wildman–Crippen MR) is 114 cm³/mol. The highest BCUT2D eigenvalue weighted by Gasteiger charge is 2.36. The second kappa shape index (κ2) is 9.40. The van der Waals surface area contributed by atoms with Crippen molar-refractivity contribution in [3.8, 4) is 0 Å². The average Bonchev–Trinajstić information content (AvgIpc) is 2.75. The smallest absolute Gasteiger partial charge is 0.272 e. The summed E-state index contributed by atoms with van der Waals surface area (Å²) in [5.74, 6) is -1.97. The van der Waals surface area contributed by atoms with Gasteiger partial charge >= 0.3 is 0 Å². The number of carbonyl (C=O) groups excluding carboxylic acids is 2. The molecular formula is C22H30N4O4. The molecule has 1 aromatic carbocycles. The van der Waals surface area contributed by atoms with Gasteiger partial charge in [-0.25, -0.2) is 5.48 Å². The van der Waals surface area contributed by atoms with Crippen molar-refractivity contribution in [2.45, 2.75) is 33.3 Å². The summed E-state index contributed by atoms with van der Waals surface area (Å²) in [7, 11) is 0. The summed E-state index contributed by atoms with van der Waals surface area (Å²) in [5.41, 5.74) is 4.41. The summed E-state index contributed by atoms with van der Waals surface area (Å²) in [6.07, 6.45) is -1.21. The maximum absolute atomic E-state index is 13.1. The zero-order valence-electron chi connectivity index (χ0n) is 17.7. The number of aliphatic hydroxyl groups is 1. The first-order valence-corrected chi connectivity index (χ1v) is 10.3. The van der Waals surface area contributed by atoms with Gasteiger partial charge in [-0.2, -0.15) is 0 Å². The van der Waals surface area contributed by atoms with Crippen molar-refractivity contribution in [1.82, 2.24) is 15.4 Å². The number of aromatic nitrogens is 1. The molecule has 0 saturated carbocycles. The van der Waals surface area contributed by atoms with Crippen molar-refractivity contribution in [3.05, 3.63) is 36.0 Å². The molecule has 2 aromatic rings. The molecule has 1 saturated heterocycles. The summed E-state index contributed by atoms with van der Waals surface area (Å²) >= 11 is 0. The van der Waals surface area contributed by atoms with Crippen LogP contribution < -0.4 is 10.4 Å². The molecule has 0 bridgehead atoms. The minimum atomic E-state index is -1.57. The number of piperazine rings is 1. The van der Waals surface area contributed by atoms with Crippen LogP contribution in [0.4, 0.5) is 5.69 Å². The minimum Gasteiger partial charge on any atom is -0.382 e. The molecule has 1 aromatic heterocycles. The number of hydroxylamine groups is 1. The number of fused-ring (bicyclic) bond motifs is 1. The zero-order valence-corrected chi connectivity index (χ0v) is 17.7. The molecule has 0 radical (unpaired) electrons. The van der Waals surface area contributed by atoms with Gasteiger partial charge in [-0.3, -0.25) is 19.8 Å². The van der Waals surface area contributed by atoms with E-state index in [4.69, 9.17) is 10.2 Å². The van der Waals surface area contributed by atoms with Crippen LogP contribution in [-0.4, -0.2) is 64.3 Å². The Bertz CT molecular complexity index is 909. The molecule has 3 N–H and O–H groups in total. The van der Waals surface area contributed by atoms with Gasteiger partial charge in [0.15, 0.2) is 0 Å². The Hall–Kier alpha value is -2.71. The van der Waals surface area contributed by atoms with Crippen LogP contribution in [0.1, 0.15) is 26.0 Å². The maximum atomic E-state index is 13.1. The fourth-order valence-electron chi connectivity index (χ4n) is 4.04. The number of nitrogens with one attached hydrogen (secondary N) is 1. The van der Waals surface area contributed by atoms with Crippen molar-refractivity contribution >= 4 is 28.4 Å². The van der Waals surface area contributed by atoms with Crippen molar-refractivity contribution in [1.29, 1.82) is 0 Å². The largest absolute Gasteiger partial charge is 0.382 e. The van der Waals surface area contributed by atoms with Gasteiger partial charge in [0.2, 0.25) is 5.91 Å². The summed E-state index contributed by atoms with van der Waals surface area (Å²) < 4.78 is 0. The van der Waals surface area contributed by atoms with Crippen LogP contribution in [0.25, 0.3) is 10.9 Å². The van der Waals surface area contributed by atoms with E-state index >= 15 is 0 Å². The Morgan fingerprint density at radius 3 is 2.47 bits per heavy atom. The molecule has 1 aliphatic rings. The van der Waals surface area contributed by atoms with Crippen LogP contribution in [0.5, 0.6) is 0 Å². The van der Waals surface area contributed by atoms with Gasteiger partial charge in [-0.05, 0) is 31.4 Å². The van der Waals surface area contributed by atoms with Crippen LogP contribution in [0.15, 0.2) is 30.3 Å². The van der Waals surface area contributed by atoms with E-state index in [2.05, 4.69) is 11.0 Å². The van der Waals surface area contributed by atoms with Gasteiger partial charge < -0.3 is 14.9 Å². The number of rotatable bonds is 6. The lowest BCUT2D eigenvalue weighted by Gasteiger charge is -2.38. The molecule has 1 aliphatic heterocycles. The number of aryl methyl sites for hydroxylation is 1. The molecule has 3 rings (SSSR count). The lowest BCUT2D eigenvalue weighted by Crippen LogP contribution is -2.53. The number of hydrogen-bond acceptors (Lipinski definition) is 6. The van der Waals surface area contributed by atoms with E-state index in [1.165, 1.54) is 5.48 Å². The quantitative estimate of drug-likeness (QED) is 0.491. The summed E-state index contributed by atoms with van der Waals surface area (Å²) in [4.78, 5) is 33.4. The highest BCUT2D eigenvalue weighted by Crippen LogP contribution is 2.26.